The van der Waals surface area contributed by atoms with Gasteiger partial charge in [-0.15, -0.1) is 0 Å². The first-order chi connectivity index (χ1) is 13.1. The van der Waals surface area contributed by atoms with E-state index in [9.17, 15) is 14.0 Å². The average molecular weight is 372 g/mol. The van der Waals surface area contributed by atoms with E-state index in [-0.39, 0.29) is 29.6 Å². The van der Waals surface area contributed by atoms with E-state index in [1.165, 1.54) is 18.6 Å². The zero-order valence-electron chi connectivity index (χ0n) is 15.9. The molecule has 4 rings (SSSR count). The van der Waals surface area contributed by atoms with Crippen molar-refractivity contribution < 1.29 is 14.0 Å². The number of rotatable bonds is 3. The second kappa shape index (κ2) is 7.99. The highest BCUT2D eigenvalue weighted by Crippen LogP contribution is 2.35. The molecule has 0 bridgehead atoms. The third-order valence-electron chi connectivity index (χ3n) is 6.65. The fourth-order valence-electron chi connectivity index (χ4n) is 4.72. The van der Waals surface area contributed by atoms with Crippen LogP contribution >= 0.6 is 0 Å². The molecule has 2 saturated heterocycles. The van der Waals surface area contributed by atoms with Gasteiger partial charge in [0.2, 0.25) is 11.8 Å². The van der Waals surface area contributed by atoms with E-state index in [0.717, 1.165) is 57.1 Å². The summed E-state index contributed by atoms with van der Waals surface area (Å²) in [6.07, 6.45) is 7.84. The molecule has 1 atom stereocenters. The van der Waals surface area contributed by atoms with E-state index in [0.29, 0.717) is 19.0 Å². The van der Waals surface area contributed by atoms with Gasteiger partial charge in [-0.05, 0) is 62.6 Å². The van der Waals surface area contributed by atoms with Crippen LogP contribution in [0, 0.1) is 17.7 Å². The first kappa shape index (κ1) is 18.5. The van der Waals surface area contributed by atoms with Gasteiger partial charge in [-0.25, -0.2) is 4.39 Å². The van der Waals surface area contributed by atoms with Crippen molar-refractivity contribution in [1.29, 1.82) is 0 Å². The molecular formula is C22H29FN2O2. The molecule has 2 amide bonds. The third-order valence-corrected chi connectivity index (χ3v) is 6.65. The van der Waals surface area contributed by atoms with E-state index in [1.54, 1.807) is 0 Å². The fraction of sp³-hybridized carbons (Fsp3) is 0.636. The van der Waals surface area contributed by atoms with Crippen LogP contribution < -0.4 is 0 Å². The van der Waals surface area contributed by atoms with Crippen LogP contribution in [0.15, 0.2) is 24.3 Å². The molecule has 27 heavy (non-hydrogen) atoms. The van der Waals surface area contributed by atoms with Crippen LogP contribution in [0.2, 0.25) is 0 Å². The molecule has 0 aromatic heterocycles. The zero-order chi connectivity index (χ0) is 18.8. The lowest BCUT2D eigenvalue weighted by atomic mass is 9.83. The molecule has 3 aliphatic rings. The molecule has 2 heterocycles. The largest absolute Gasteiger partial charge is 0.342 e. The molecule has 1 aromatic rings. The van der Waals surface area contributed by atoms with Crippen LogP contribution in [0.25, 0.3) is 0 Å². The van der Waals surface area contributed by atoms with Crippen molar-refractivity contribution in [1.82, 2.24) is 9.80 Å². The van der Waals surface area contributed by atoms with Crippen molar-refractivity contribution >= 4 is 11.8 Å². The van der Waals surface area contributed by atoms with Crippen molar-refractivity contribution in [2.24, 2.45) is 11.8 Å². The van der Waals surface area contributed by atoms with E-state index in [4.69, 9.17) is 0 Å². The monoisotopic (exact) mass is 372 g/mol. The van der Waals surface area contributed by atoms with Crippen molar-refractivity contribution in [2.45, 2.75) is 57.4 Å². The lowest BCUT2D eigenvalue weighted by molar-refractivity contribution is -0.146. The van der Waals surface area contributed by atoms with Crippen molar-refractivity contribution in [3.63, 3.8) is 0 Å². The fourth-order valence-corrected chi connectivity index (χ4v) is 4.72. The Labute approximate surface area is 160 Å². The summed E-state index contributed by atoms with van der Waals surface area (Å²) < 4.78 is 13.3. The average Bonchev–Trinajstić information content (AvgIpc) is 2.67. The molecule has 0 N–H and O–H groups in total. The minimum Gasteiger partial charge on any atom is -0.342 e. The summed E-state index contributed by atoms with van der Waals surface area (Å²) in [7, 11) is 0. The summed E-state index contributed by atoms with van der Waals surface area (Å²) in [6.45, 7) is 2.20. The topological polar surface area (TPSA) is 40.6 Å². The Morgan fingerprint density at radius 2 is 1.44 bits per heavy atom. The summed E-state index contributed by atoms with van der Waals surface area (Å²) in [4.78, 5) is 29.6. The predicted molar refractivity (Wildman–Crippen MR) is 101 cm³/mol. The van der Waals surface area contributed by atoms with Gasteiger partial charge in [0.1, 0.15) is 5.82 Å². The smallest absolute Gasteiger partial charge is 0.226 e. The summed E-state index contributed by atoms with van der Waals surface area (Å²) in [5.74, 6) is 0.531. The molecule has 5 heteroatoms. The molecule has 0 unspecified atom stereocenters. The van der Waals surface area contributed by atoms with Crippen LogP contribution in [-0.2, 0) is 9.59 Å². The number of likely N-dealkylation sites (tertiary alicyclic amines) is 2. The van der Waals surface area contributed by atoms with E-state index >= 15 is 0 Å². The number of carbonyl (C=O) groups is 2. The Hall–Kier alpha value is -1.91. The number of carbonyl (C=O) groups excluding carboxylic acids is 2. The molecule has 0 spiro atoms. The van der Waals surface area contributed by atoms with E-state index in [2.05, 4.69) is 0 Å². The summed E-state index contributed by atoms with van der Waals surface area (Å²) >= 11 is 0. The molecule has 146 valence electrons. The quantitative estimate of drug-likeness (QED) is 0.807. The van der Waals surface area contributed by atoms with Crippen LogP contribution in [0.1, 0.15) is 63.0 Å². The molecule has 1 aromatic carbocycles. The number of nitrogens with zero attached hydrogens (tertiary/aromatic N) is 2. The second-order valence-electron chi connectivity index (χ2n) is 8.32. The lowest BCUT2D eigenvalue weighted by Crippen LogP contribution is -2.48. The van der Waals surface area contributed by atoms with Crippen molar-refractivity contribution in [3.05, 3.63) is 35.6 Å². The van der Waals surface area contributed by atoms with Crippen LogP contribution in [0.4, 0.5) is 4.39 Å². The SMILES string of the molecule is O=C(C1CCC1)N1CCC(C(=O)N2CCCC[C@H]2c2ccc(F)cc2)CC1. The minimum absolute atomic E-state index is 0.0106. The molecule has 1 saturated carbocycles. The van der Waals surface area contributed by atoms with Crippen LogP contribution in [0.5, 0.6) is 0 Å². The standard InChI is InChI=1S/C22H29FN2O2/c23-19-9-7-16(8-10-19)20-6-1-2-13-25(20)22(27)18-11-14-24(15-12-18)21(26)17-4-3-5-17/h7-10,17-18,20H,1-6,11-15H2/t20-/m0/s1. The summed E-state index contributed by atoms with van der Waals surface area (Å²) in [5.41, 5.74) is 1.03. The predicted octanol–water partition coefficient (Wildman–Crippen LogP) is 3.92. The Balaban J connectivity index is 1.39. The highest BCUT2D eigenvalue weighted by molar-refractivity contribution is 5.82. The first-order valence-corrected chi connectivity index (χ1v) is 10.5. The van der Waals surface area contributed by atoms with E-state index < -0.39 is 0 Å². The number of piperidine rings is 2. The molecule has 2 aliphatic heterocycles. The van der Waals surface area contributed by atoms with Crippen molar-refractivity contribution in [3.8, 4) is 0 Å². The Morgan fingerprint density at radius 3 is 2.07 bits per heavy atom. The van der Waals surface area contributed by atoms with Crippen LogP contribution in [-0.4, -0.2) is 41.2 Å². The van der Waals surface area contributed by atoms with Gasteiger partial charge in [0, 0.05) is 31.5 Å². The maximum atomic E-state index is 13.3. The first-order valence-electron chi connectivity index (χ1n) is 10.5. The van der Waals surface area contributed by atoms with E-state index in [1.807, 2.05) is 21.9 Å². The maximum absolute atomic E-state index is 13.3. The number of amides is 2. The van der Waals surface area contributed by atoms with Crippen LogP contribution in [0.3, 0.4) is 0 Å². The Bertz CT molecular complexity index is 678. The lowest BCUT2D eigenvalue weighted by Gasteiger charge is -2.41. The highest BCUT2D eigenvalue weighted by atomic mass is 19.1. The molecule has 0 radical (unpaired) electrons. The summed E-state index contributed by atoms with van der Waals surface area (Å²) in [6, 6.07) is 6.65. The molecule has 1 aliphatic carbocycles. The molecular weight excluding hydrogens is 343 g/mol. The van der Waals surface area contributed by atoms with Gasteiger partial charge in [-0.3, -0.25) is 9.59 Å². The van der Waals surface area contributed by atoms with Gasteiger partial charge in [0.05, 0.1) is 6.04 Å². The van der Waals surface area contributed by atoms with Gasteiger partial charge in [0.15, 0.2) is 0 Å². The van der Waals surface area contributed by atoms with Gasteiger partial charge < -0.3 is 9.80 Å². The molecule has 3 fully saturated rings. The van der Waals surface area contributed by atoms with Gasteiger partial charge in [-0.2, -0.15) is 0 Å². The zero-order valence-corrected chi connectivity index (χ0v) is 15.9. The van der Waals surface area contributed by atoms with Gasteiger partial charge >= 0.3 is 0 Å². The highest BCUT2D eigenvalue weighted by Gasteiger charge is 2.36. The van der Waals surface area contributed by atoms with Gasteiger partial charge in [-0.1, -0.05) is 18.6 Å². The van der Waals surface area contributed by atoms with Gasteiger partial charge in [0.25, 0.3) is 0 Å². The Kier molecular flexibility index (Phi) is 5.46. The normalized spacial score (nSPS) is 24.6. The summed E-state index contributed by atoms with van der Waals surface area (Å²) in [5, 5.41) is 0. The number of hydrogen-bond donors (Lipinski definition) is 0. The maximum Gasteiger partial charge on any atom is 0.226 e. The molecule has 4 nitrogen and oxygen atoms in total. The number of halogens is 1. The Morgan fingerprint density at radius 1 is 0.778 bits per heavy atom. The number of hydrogen-bond acceptors (Lipinski definition) is 2. The number of benzene rings is 1. The minimum atomic E-state index is -0.240. The second-order valence-corrected chi connectivity index (χ2v) is 8.32. The van der Waals surface area contributed by atoms with Crippen molar-refractivity contribution in [2.75, 3.05) is 19.6 Å². The third kappa shape index (κ3) is 3.87.